The maximum absolute atomic E-state index is 15.1. The van der Waals surface area contributed by atoms with Gasteiger partial charge in [-0.2, -0.15) is 0 Å². The Morgan fingerprint density at radius 2 is 1.97 bits per heavy atom. The number of hydrogen-bond donors (Lipinski definition) is 2. The van der Waals surface area contributed by atoms with Crippen molar-refractivity contribution in [1.29, 1.82) is 0 Å². The van der Waals surface area contributed by atoms with Crippen LogP contribution >= 0.6 is 0 Å². The third kappa shape index (κ3) is 3.71. The predicted octanol–water partition coefficient (Wildman–Crippen LogP) is 4.15. The van der Waals surface area contributed by atoms with Crippen molar-refractivity contribution in [1.82, 2.24) is 4.90 Å². The molecule has 1 aromatic carbocycles. The number of amides is 2. The molecule has 2 amide bonds. The predicted molar refractivity (Wildman–Crippen MR) is 130 cm³/mol. The van der Waals surface area contributed by atoms with Gasteiger partial charge in [0.1, 0.15) is 5.82 Å². The van der Waals surface area contributed by atoms with E-state index in [2.05, 4.69) is 10.2 Å². The van der Waals surface area contributed by atoms with Crippen LogP contribution in [0.15, 0.2) is 18.2 Å². The summed E-state index contributed by atoms with van der Waals surface area (Å²) in [5.41, 5.74) is 0.282. The molecule has 2 aliphatic heterocycles. The Labute approximate surface area is 206 Å². The number of ether oxygens (including phenoxy) is 1. The second kappa shape index (κ2) is 8.36. The number of rotatable bonds is 4. The third-order valence-electron chi connectivity index (χ3n) is 9.66. The van der Waals surface area contributed by atoms with Gasteiger partial charge < -0.3 is 19.6 Å². The molecule has 0 radical (unpaired) electrons. The molecule has 2 saturated heterocycles. The second-order valence-electron chi connectivity index (χ2n) is 11.7. The van der Waals surface area contributed by atoms with Crippen LogP contribution in [-0.4, -0.2) is 59.9 Å². The van der Waals surface area contributed by atoms with Crippen molar-refractivity contribution in [3.63, 3.8) is 0 Å². The van der Waals surface area contributed by atoms with Gasteiger partial charge >= 0.3 is 6.09 Å². The first-order chi connectivity index (χ1) is 16.8. The van der Waals surface area contributed by atoms with Gasteiger partial charge in [0.2, 0.25) is 5.91 Å². The van der Waals surface area contributed by atoms with E-state index >= 15 is 4.39 Å². The Morgan fingerprint density at radius 1 is 1.20 bits per heavy atom. The molecule has 4 aliphatic carbocycles. The first-order valence-corrected chi connectivity index (χ1v) is 13.3. The fraction of sp³-hybridized carbons (Fsp3) is 0.704. The molecule has 7 nitrogen and oxygen atoms in total. The average Bonchev–Trinajstić information content (AvgIpc) is 3.13. The van der Waals surface area contributed by atoms with Gasteiger partial charge in [-0.1, -0.05) is 0 Å². The Kier molecular flexibility index (Phi) is 5.51. The van der Waals surface area contributed by atoms with E-state index in [4.69, 9.17) is 4.74 Å². The van der Waals surface area contributed by atoms with Crippen LogP contribution < -0.4 is 10.2 Å². The van der Waals surface area contributed by atoms with Crippen molar-refractivity contribution >= 4 is 23.4 Å². The van der Waals surface area contributed by atoms with Crippen LogP contribution in [0.25, 0.3) is 0 Å². The van der Waals surface area contributed by atoms with Gasteiger partial charge in [0.05, 0.1) is 23.8 Å². The zero-order chi connectivity index (χ0) is 24.4. The summed E-state index contributed by atoms with van der Waals surface area (Å²) in [5.74, 6) is 1.15. The lowest BCUT2D eigenvalue weighted by molar-refractivity contribution is -0.167. The van der Waals surface area contributed by atoms with E-state index < -0.39 is 17.3 Å². The molecule has 2 unspecified atom stereocenters. The van der Waals surface area contributed by atoms with E-state index in [0.29, 0.717) is 42.2 Å². The molecule has 7 rings (SSSR count). The van der Waals surface area contributed by atoms with E-state index in [1.54, 1.807) is 19.1 Å². The van der Waals surface area contributed by atoms with Crippen LogP contribution in [0.1, 0.15) is 58.3 Å². The summed E-state index contributed by atoms with van der Waals surface area (Å²) in [6.45, 7) is 3.98. The molecule has 4 saturated carbocycles. The molecule has 1 spiro atoms. The molecule has 190 valence electrons. The summed E-state index contributed by atoms with van der Waals surface area (Å²) in [7, 11) is 0. The fourth-order valence-electron chi connectivity index (χ4n) is 8.40. The van der Waals surface area contributed by atoms with Crippen LogP contribution in [0.5, 0.6) is 0 Å². The van der Waals surface area contributed by atoms with Crippen molar-refractivity contribution in [2.75, 3.05) is 36.5 Å². The maximum atomic E-state index is 15.1. The summed E-state index contributed by atoms with van der Waals surface area (Å²) in [5, 5.41) is 13.2. The minimum atomic E-state index is -0.606. The van der Waals surface area contributed by atoms with Crippen molar-refractivity contribution in [3.05, 3.63) is 24.0 Å². The lowest BCUT2D eigenvalue weighted by atomic mass is 9.51. The zero-order valence-electron chi connectivity index (χ0n) is 20.5. The van der Waals surface area contributed by atoms with Crippen molar-refractivity contribution < 1.29 is 23.8 Å². The SMILES string of the molecule is CCOC(=O)Nc1ccc(N2CCC[C@@]3(CCN(C45CC6CC(C4)C(O)C(C6)C5)C3=O)C2)c(F)c1. The lowest BCUT2D eigenvalue weighted by Crippen LogP contribution is -2.65. The van der Waals surface area contributed by atoms with Crippen LogP contribution in [0.2, 0.25) is 0 Å². The first kappa shape index (κ1) is 23.1. The van der Waals surface area contributed by atoms with Crippen LogP contribution in [-0.2, 0) is 9.53 Å². The number of carbonyl (C=O) groups is 2. The molecule has 35 heavy (non-hydrogen) atoms. The number of likely N-dealkylation sites (tertiary alicyclic amines) is 1. The quantitative estimate of drug-likeness (QED) is 0.670. The third-order valence-corrected chi connectivity index (χ3v) is 9.66. The normalized spacial score (nSPS) is 37.9. The summed E-state index contributed by atoms with van der Waals surface area (Å²) in [6.07, 6.45) is 6.90. The number of benzene rings is 1. The highest BCUT2D eigenvalue weighted by Crippen LogP contribution is 2.59. The molecule has 2 heterocycles. The van der Waals surface area contributed by atoms with E-state index in [1.807, 2.05) is 4.90 Å². The molecule has 0 aromatic heterocycles. The number of carbonyl (C=O) groups excluding carboxylic acids is 2. The first-order valence-electron chi connectivity index (χ1n) is 13.3. The minimum Gasteiger partial charge on any atom is -0.450 e. The second-order valence-corrected chi connectivity index (χ2v) is 11.7. The number of nitrogens with one attached hydrogen (secondary N) is 1. The number of aliphatic hydroxyl groups excluding tert-OH is 1. The average molecular weight is 486 g/mol. The monoisotopic (exact) mass is 485 g/mol. The fourth-order valence-corrected chi connectivity index (χ4v) is 8.40. The highest BCUT2D eigenvalue weighted by Gasteiger charge is 2.62. The van der Waals surface area contributed by atoms with Gasteiger partial charge in [-0.05, 0) is 94.2 Å². The molecule has 4 bridgehead atoms. The largest absolute Gasteiger partial charge is 0.450 e. The molecule has 6 fully saturated rings. The van der Waals surface area contributed by atoms with E-state index in [-0.39, 0.29) is 24.2 Å². The summed E-state index contributed by atoms with van der Waals surface area (Å²) < 4.78 is 20.0. The lowest BCUT2D eigenvalue weighted by Gasteiger charge is -2.61. The standard InChI is InChI=1S/C27H36FN3O4/c1-2-35-25(34)29-20-4-5-22(21(28)12-20)30-8-3-6-26(16-30)7-9-31(24(26)33)27-13-17-10-18(14-27)23(32)19(11-17)15-27/h4-5,12,17-19,23,32H,2-3,6-11,13-16H2,1H3,(H,29,34)/t17?,18?,19?,23?,26-,27?/m1/s1. The Balaban J connectivity index is 1.19. The van der Waals surface area contributed by atoms with Gasteiger partial charge in [0, 0.05) is 30.9 Å². The highest BCUT2D eigenvalue weighted by molar-refractivity contribution is 5.87. The summed E-state index contributed by atoms with van der Waals surface area (Å²) in [4.78, 5) is 29.9. The topological polar surface area (TPSA) is 82.1 Å². The van der Waals surface area contributed by atoms with Gasteiger partial charge in [0.25, 0.3) is 0 Å². The molecular formula is C27H36FN3O4. The van der Waals surface area contributed by atoms with E-state index in [1.165, 1.54) is 6.07 Å². The van der Waals surface area contributed by atoms with Crippen LogP contribution in [0.4, 0.5) is 20.6 Å². The number of halogens is 1. The van der Waals surface area contributed by atoms with Gasteiger partial charge in [-0.15, -0.1) is 0 Å². The summed E-state index contributed by atoms with van der Waals surface area (Å²) >= 11 is 0. The number of nitrogens with zero attached hydrogens (tertiary/aromatic N) is 2. The molecule has 2 N–H and O–H groups in total. The van der Waals surface area contributed by atoms with E-state index in [0.717, 1.165) is 57.9 Å². The van der Waals surface area contributed by atoms with Crippen molar-refractivity contribution in [2.45, 2.75) is 69.9 Å². The van der Waals surface area contributed by atoms with Crippen molar-refractivity contribution in [2.24, 2.45) is 23.2 Å². The van der Waals surface area contributed by atoms with Gasteiger partial charge in [-0.25, -0.2) is 9.18 Å². The number of piperidine rings is 1. The smallest absolute Gasteiger partial charge is 0.411 e. The van der Waals surface area contributed by atoms with E-state index in [9.17, 15) is 14.7 Å². The minimum absolute atomic E-state index is 0.0791. The Hall–Kier alpha value is -2.35. The van der Waals surface area contributed by atoms with Gasteiger partial charge in [-0.3, -0.25) is 10.1 Å². The maximum Gasteiger partial charge on any atom is 0.411 e. The molecule has 1 aromatic rings. The summed E-state index contributed by atoms with van der Waals surface area (Å²) in [6, 6.07) is 4.69. The molecule has 8 heteroatoms. The Morgan fingerprint density at radius 3 is 2.69 bits per heavy atom. The van der Waals surface area contributed by atoms with Crippen LogP contribution in [0, 0.1) is 29.0 Å². The molecule has 3 atom stereocenters. The number of anilines is 2. The van der Waals surface area contributed by atoms with Crippen LogP contribution in [0.3, 0.4) is 0 Å². The molecule has 6 aliphatic rings. The van der Waals surface area contributed by atoms with Gasteiger partial charge in [0.15, 0.2) is 0 Å². The number of hydrogen-bond acceptors (Lipinski definition) is 5. The zero-order valence-corrected chi connectivity index (χ0v) is 20.5. The Bertz CT molecular complexity index is 1020. The highest BCUT2D eigenvalue weighted by atomic mass is 19.1. The van der Waals surface area contributed by atoms with Crippen molar-refractivity contribution in [3.8, 4) is 0 Å². The number of aliphatic hydroxyl groups is 1. The molecular weight excluding hydrogens is 449 g/mol.